The molecule has 0 atom stereocenters. The number of hydrogen-bond donors (Lipinski definition) is 2. The van der Waals surface area contributed by atoms with Crippen molar-refractivity contribution in [1.29, 1.82) is 0 Å². The van der Waals surface area contributed by atoms with Gasteiger partial charge in [0.05, 0.1) is 6.61 Å². The molecule has 1 fully saturated rings. The number of terminal acetylenes is 1. The van der Waals surface area contributed by atoms with E-state index in [4.69, 9.17) is 11.5 Å². The van der Waals surface area contributed by atoms with Crippen molar-refractivity contribution in [1.82, 2.24) is 5.32 Å². The van der Waals surface area contributed by atoms with Crippen molar-refractivity contribution in [3.63, 3.8) is 0 Å². The van der Waals surface area contributed by atoms with Crippen molar-refractivity contribution in [2.75, 3.05) is 13.2 Å². The molecule has 0 aliphatic heterocycles. The van der Waals surface area contributed by atoms with E-state index in [0.29, 0.717) is 0 Å². The van der Waals surface area contributed by atoms with Gasteiger partial charge in [-0.2, -0.15) is 0 Å². The molecular formula is C8H13NO. The van der Waals surface area contributed by atoms with E-state index in [1.165, 1.54) is 0 Å². The fraction of sp³-hybridized carbons (Fsp3) is 0.750. The van der Waals surface area contributed by atoms with Crippen molar-refractivity contribution >= 4 is 0 Å². The SMILES string of the molecule is C#CCCNC1(CO)CC1. The Morgan fingerprint density at radius 2 is 2.30 bits per heavy atom. The van der Waals surface area contributed by atoms with Crippen molar-refractivity contribution in [3.05, 3.63) is 0 Å². The third-order valence-corrected chi connectivity index (χ3v) is 1.93. The maximum atomic E-state index is 8.84. The van der Waals surface area contributed by atoms with Crippen molar-refractivity contribution < 1.29 is 5.11 Å². The number of hydrogen-bond acceptors (Lipinski definition) is 2. The molecule has 1 aliphatic carbocycles. The van der Waals surface area contributed by atoms with Gasteiger partial charge in [0.25, 0.3) is 0 Å². The van der Waals surface area contributed by atoms with Crippen LogP contribution in [0.15, 0.2) is 0 Å². The average Bonchev–Trinajstić information content (AvgIpc) is 2.70. The maximum absolute atomic E-state index is 8.84. The Morgan fingerprint density at radius 1 is 1.60 bits per heavy atom. The van der Waals surface area contributed by atoms with Crippen LogP contribution in [0.4, 0.5) is 0 Å². The summed E-state index contributed by atoms with van der Waals surface area (Å²) in [6.45, 7) is 1.08. The minimum Gasteiger partial charge on any atom is -0.394 e. The van der Waals surface area contributed by atoms with Crippen molar-refractivity contribution in [2.24, 2.45) is 0 Å². The fourth-order valence-electron chi connectivity index (χ4n) is 0.942. The smallest absolute Gasteiger partial charge is 0.0613 e. The summed E-state index contributed by atoms with van der Waals surface area (Å²) < 4.78 is 0. The summed E-state index contributed by atoms with van der Waals surface area (Å²) in [5, 5.41) is 12.1. The Bertz CT molecular complexity index is 144. The zero-order chi connectivity index (χ0) is 7.45. The Labute approximate surface area is 61.6 Å². The normalized spacial score (nSPS) is 20.0. The number of aliphatic hydroxyl groups excluding tert-OH is 1. The summed E-state index contributed by atoms with van der Waals surface area (Å²) in [6.07, 6.45) is 8.00. The van der Waals surface area contributed by atoms with Gasteiger partial charge in [0.1, 0.15) is 0 Å². The molecule has 1 saturated carbocycles. The molecule has 2 heteroatoms. The van der Waals surface area contributed by atoms with Gasteiger partial charge < -0.3 is 10.4 Å². The summed E-state index contributed by atoms with van der Waals surface area (Å²) in [5.41, 5.74) is 0.0524. The first-order valence-corrected chi connectivity index (χ1v) is 3.62. The van der Waals surface area contributed by atoms with E-state index < -0.39 is 0 Å². The van der Waals surface area contributed by atoms with Crippen LogP contribution in [0.1, 0.15) is 19.3 Å². The lowest BCUT2D eigenvalue weighted by Crippen LogP contribution is -2.35. The minimum atomic E-state index is 0.0524. The molecule has 0 heterocycles. The van der Waals surface area contributed by atoms with E-state index in [2.05, 4.69) is 11.2 Å². The van der Waals surface area contributed by atoms with Crippen LogP contribution in [0.5, 0.6) is 0 Å². The predicted molar refractivity (Wildman–Crippen MR) is 40.5 cm³/mol. The van der Waals surface area contributed by atoms with Gasteiger partial charge in [0, 0.05) is 18.5 Å². The molecule has 1 aliphatic rings. The molecule has 0 aromatic rings. The lowest BCUT2D eigenvalue weighted by Gasteiger charge is -2.11. The van der Waals surface area contributed by atoms with Gasteiger partial charge >= 0.3 is 0 Å². The molecule has 0 amide bonds. The summed E-state index contributed by atoms with van der Waals surface area (Å²) >= 11 is 0. The standard InChI is InChI=1S/C8H13NO/c1-2-3-6-9-8(7-10)4-5-8/h1,9-10H,3-7H2. The fourth-order valence-corrected chi connectivity index (χ4v) is 0.942. The van der Waals surface area contributed by atoms with Crippen LogP contribution < -0.4 is 5.32 Å². The Balaban J connectivity index is 2.08. The Morgan fingerprint density at radius 3 is 2.70 bits per heavy atom. The second kappa shape index (κ2) is 3.05. The molecule has 2 nitrogen and oxygen atoms in total. The number of rotatable bonds is 4. The zero-order valence-corrected chi connectivity index (χ0v) is 6.06. The second-order valence-electron chi connectivity index (χ2n) is 2.82. The van der Waals surface area contributed by atoms with Gasteiger partial charge in [-0.15, -0.1) is 12.3 Å². The lowest BCUT2D eigenvalue weighted by molar-refractivity contribution is 0.231. The quantitative estimate of drug-likeness (QED) is 0.428. The topological polar surface area (TPSA) is 32.3 Å². The minimum absolute atomic E-state index is 0.0524. The molecular weight excluding hydrogens is 126 g/mol. The van der Waals surface area contributed by atoms with E-state index in [-0.39, 0.29) is 12.1 Å². The van der Waals surface area contributed by atoms with Gasteiger partial charge in [-0.25, -0.2) is 0 Å². The van der Waals surface area contributed by atoms with Gasteiger partial charge in [-0.1, -0.05) is 0 Å². The van der Waals surface area contributed by atoms with Crippen LogP contribution in [-0.4, -0.2) is 23.8 Å². The molecule has 0 spiro atoms. The average molecular weight is 139 g/mol. The van der Waals surface area contributed by atoms with Crippen LogP contribution >= 0.6 is 0 Å². The number of nitrogens with one attached hydrogen (secondary N) is 1. The Kier molecular flexibility index (Phi) is 2.31. The van der Waals surface area contributed by atoms with E-state index in [1.807, 2.05) is 0 Å². The van der Waals surface area contributed by atoms with Gasteiger partial charge in [-0.05, 0) is 12.8 Å². The largest absolute Gasteiger partial charge is 0.394 e. The molecule has 0 bridgehead atoms. The molecule has 10 heavy (non-hydrogen) atoms. The van der Waals surface area contributed by atoms with Crippen LogP contribution in [-0.2, 0) is 0 Å². The monoisotopic (exact) mass is 139 g/mol. The maximum Gasteiger partial charge on any atom is 0.0613 e. The van der Waals surface area contributed by atoms with Crippen LogP contribution in [0.2, 0.25) is 0 Å². The molecule has 0 aromatic heterocycles. The third-order valence-electron chi connectivity index (χ3n) is 1.93. The van der Waals surface area contributed by atoms with E-state index in [0.717, 1.165) is 25.8 Å². The van der Waals surface area contributed by atoms with Crippen LogP contribution in [0, 0.1) is 12.3 Å². The highest BCUT2D eigenvalue weighted by Gasteiger charge is 2.40. The molecule has 1 rings (SSSR count). The van der Waals surface area contributed by atoms with Gasteiger partial charge in [-0.3, -0.25) is 0 Å². The molecule has 2 N–H and O–H groups in total. The molecule has 56 valence electrons. The van der Waals surface area contributed by atoms with Gasteiger partial charge in [0.2, 0.25) is 0 Å². The van der Waals surface area contributed by atoms with Crippen LogP contribution in [0.3, 0.4) is 0 Å². The van der Waals surface area contributed by atoms with Crippen molar-refractivity contribution in [3.8, 4) is 12.3 Å². The van der Waals surface area contributed by atoms with E-state index in [1.54, 1.807) is 0 Å². The lowest BCUT2D eigenvalue weighted by atomic mass is 10.3. The summed E-state index contributed by atoms with van der Waals surface area (Å²) in [4.78, 5) is 0. The summed E-state index contributed by atoms with van der Waals surface area (Å²) in [7, 11) is 0. The highest BCUT2D eigenvalue weighted by molar-refractivity contribution is 5.02. The number of aliphatic hydroxyl groups is 1. The van der Waals surface area contributed by atoms with Crippen molar-refractivity contribution in [2.45, 2.75) is 24.8 Å². The zero-order valence-electron chi connectivity index (χ0n) is 6.06. The first-order chi connectivity index (χ1) is 4.83. The third kappa shape index (κ3) is 1.73. The predicted octanol–water partition coefficient (Wildman–Crippen LogP) is 0.124. The summed E-state index contributed by atoms with van der Waals surface area (Å²) in [5.74, 6) is 2.55. The molecule has 0 unspecified atom stereocenters. The molecule has 0 aromatic carbocycles. The Hall–Kier alpha value is -0.520. The first kappa shape index (κ1) is 7.59. The summed E-state index contributed by atoms with van der Waals surface area (Å²) in [6, 6.07) is 0. The highest BCUT2D eigenvalue weighted by Crippen LogP contribution is 2.34. The van der Waals surface area contributed by atoms with E-state index in [9.17, 15) is 0 Å². The first-order valence-electron chi connectivity index (χ1n) is 3.62. The molecule has 0 saturated heterocycles. The van der Waals surface area contributed by atoms with E-state index >= 15 is 0 Å². The molecule has 0 radical (unpaired) electrons. The highest BCUT2D eigenvalue weighted by atomic mass is 16.3. The van der Waals surface area contributed by atoms with Crippen LogP contribution in [0.25, 0.3) is 0 Å². The van der Waals surface area contributed by atoms with Gasteiger partial charge in [0.15, 0.2) is 0 Å². The second-order valence-corrected chi connectivity index (χ2v) is 2.82.